The van der Waals surface area contributed by atoms with Gasteiger partial charge in [0.25, 0.3) is 0 Å². The summed E-state index contributed by atoms with van der Waals surface area (Å²) in [4.78, 5) is 5.21. The van der Waals surface area contributed by atoms with Gasteiger partial charge in [-0.25, -0.2) is 0 Å². The van der Waals surface area contributed by atoms with Crippen molar-refractivity contribution >= 4 is 11.3 Å². The standard InChI is InChI=1S/C19H24N2OS/c1-22-18-4-2-16(3-5-18)10-21-14-19(15-21)7-8-20(13-19)11-17-6-9-23-12-17/h2-6,9,12H,7-8,10-11,13-15H2,1H3. The van der Waals surface area contributed by atoms with Crippen molar-refractivity contribution in [2.75, 3.05) is 33.3 Å². The lowest BCUT2D eigenvalue weighted by Crippen LogP contribution is -2.56. The number of ether oxygens (including phenoxy) is 1. The molecule has 122 valence electrons. The summed E-state index contributed by atoms with van der Waals surface area (Å²) in [5.41, 5.74) is 3.41. The Kier molecular flexibility index (Phi) is 4.14. The average molecular weight is 328 g/mol. The summed E-state index contributed by atoms with van der Waals surface area (Å²) >= 11 is 1.80. The normalized spacial score (nSPS) is 20.7. The lowest BCUT2D eigenvalue weighted by molar-refractivity contribution is 0.00161. The van der Waals surface area contributed by atoms with Gasteiger partial charge in [-0.05, 0) is 53.1 Å². The van der Waals surface area contributed by atoms with Crippen LogP contribution in [0.4, 0.5) is 0 Å². The maximum atomic E-state index is 5.23. The Labute approximate surface area is 142 Å². The fourth-order valence-electron chi connectivity index (χ4n) is 4.06. The lowest BCUT2D eigenvalue weighted by Gasteiger charge is -2.48. The van der Waals surface area contributed by atoms with Gasteiger partial charge in [-0.1, -0.05) is 12.1 Å². The van der Waals surface area contributed by atoms with E-state index in [-0.39, 0.29) is 0 Å². The third-order valence-electron chi connectivity index (χ3n) is 5.19. The Balaban J connectivity index is 1.27. The quantitative estimate of drug-likeness (QED) is 0.836. The van der Waals surface area contributed by atoms with Crippen LogP contribution in [0, 0.1) is 5.41 Å². The first kappa shape index (κ1) is 15.2. The third kappa shape index (κ3) is 3.30. The van der Waals surface area contributed by atoms with E-state index in [0.717, 1.165) is 18.8 Å². The summed E-state index contributed by atoms with van der Waals surface area (Å²) in [7, 11) is 1.72. The zero-order valence-corrected chi connectivity index (χ0v) is 14.5. The fraction of sp³-hybridized carbons (Fsp3) is 0.474. The van der Waals surface area contributed by atoms with Crippen molar-refractivity contribution in [1.29, 1.82) is 0 Å². The van der Waals surface area contributed by atoms with Crippen LogP contribution in [0.2, 0.25) is 0 Å². The number of hydrogen-bond donors (Lipinski definition) is 0. The molecule has 2 fully saturated rings. The Hall–Kier alpha value is -1.36. The Morgan fingerprint density at radius 1 is 1.00 bits per heavy atom. The van der Waals surface area contributed by atoms with Crippen molar-refractivity contribution in [3.8, 4) is 5.75 Å². The minimum atomic E-state index is 0.558. The Bertz CT molecular complexity index is 632. The molecular weight excluding hydrogens is 304 g/mol. The lowest BCUT2D eigenvalue weighted by atomic mass is 9.79. The predicted molar refractivity (Wildman–Crippen MR) is 94.9 cm³/mol. The van der Waals surface area contributed by atoms with Gasteiger partial charge in [0.1, 0.15) is 5.75 Å². The molecule has 3 nitrogen and oxygen atoms in total. The average Bonchev–Trinajstić information content (AvgIpc) is 3.18. The highest BCUT2D eigenvalue weighted by Crippen LogP contribution is 2.40. The smallest absolute Gasteiger partial charge is 0.118 e. The van der Waals surface area contributed by atoms with E-state index in [4.69, 9.17) is 4.74 Å². The van der Waals surface area contributed by atoms with Crippen molar-refractivity contribution in [2.45, 2.75) is 19.5 Å². The van der Waals surface area contributed by atoms with E-state index in [1.165, 1.54) is 43.7 Å². The molecule has 1 spiro atoms. The van der Waals surface area contributed by atoms with Gasteiger partial charge in [0.15, 0.2) is 0 Å². The first-order valence-electron chi connectivity index (χ1n) is 8.33. The van der Waals surface area contributed by atoms with Crippen LogP contribution >= 0.6 is 11.3 Å². The van der Waals surface area contributed by atoms with Crippen molar-refractivity contribution in [3.05, 3.63) is 52.2 Å². The maximum Gasteiger partial charge on any atom is 0.118 e. The molecule has 2 saturated heterocycles. The monoisotopic (exact) mass is 328 g/mol. The molecule has 4 heteroatoms. The van der Waals surface area contributed by atoms with E-state index < -0.39 is 0 Å². The molecule has 0 unspecified atom stereocenters. The van der Waals surface area contributed by atoms with Crippen LogP contribution in [0.3, 0.4) is 0 Å². The van der Waals surface area contributed by atoms with Crippen molar-refractivity contribution < 1.29 is 4.74 Å². The van der Waals surface area contributed by atoms with E-state index in [0.29, 0.717) is 5.41 Å². The molecule has 0 N–H and O–H groups in total. The molecule has 2 aliphatic rings. The summed E-state index contributed by atoms with van der Waals surface area (Å²) in [6.45, 7) is 7.21. The zero-order valence-electron chi connectivity index (χ0n) is 13.7. The second-order valence-electron chi connectivity index (χ2n) is 7.09. The van der Waals surface area contributed by atoms with Gasteiger partial charge in [0.2, 0.25) is 0 Å². The summed E-state index contributed by atoms with van der Waals surface area (Å²) in [6.07, 6.45) is 1.36. The van der Waals surface area contributed by atoms with Crippen LogP contribution < -0.4 is 4.74 Å². The van der Waals surface area contributed by atoms with E-state index >= 15 is 0 Å². The van der Waals surface area contributed by atoms with E-state index in [1.807, 2.05) is 0 Å². The summed E-state index contributed by atoms with van der Waals surface area (Å²) in [5, 5.41) is 4.46. The van der Waals surface area contributed by atoms with E-state index in [1.54, 1.807) is 18.4 Å². The Morgan fingerprint density at radius 2 is 1.74 bits per heavy atom. The summed E-state index contributed by atoms with van der Waals surface area (Å²) in [6, 6.07) is 10.7. The van der Waals surface area contributed by atoms with Gasteiger partial charge < -0.3 is 4.74 Å². The number of nitrogens with zero attached hydrogens (tertiary/aromatic N) is 2. The Morgan fingerprint density at radius 3 is 2.43 bits per heavy atom. The number of thiophene rings is 1. The highest BCUT2D eigenvalue weighted by Gasteiger charge is 2.47. The van der Waals surface area contributed by atoms with Crippen LogP contribution in [0.25, 0.3) is 0 Å². The van der Waals surface area contributed by atoms with Crippen LogP contribution in [0.1, 0.15) is 17.5 Å². The second kappa shape index (κ2) is 6.27. The fourth-order valence-corrected chi connectivity index (χ4v) is 4.72. The van der Waals surface area contributed by atoms with Gasteiger partial charge in [-0.2, -0.15) is 11.3 Å². The molecule has 2 aromatic rings. The highest BCUT2D eigenvalue weighted by atomic mass is 32.1. The molecule has 3 heterocycles. The number of methoxy groups -OCH3 is 1. The van der Waals surface area contributed by atoms with E-state index in [2.05, 4.69) is 50.9 Å². The highest BCUT2D eigenvalue weighted by molar-refractivity contribution is 7.07. The SMILES string of the molecule is COc1ccc(CN2CC3(CCN(Cc4ccsc4)C3)C2)cc1. The predicted octanol–water partition coefficient (Wildman–Crippen LogP) is 3.46. The molecule has 1 aromatic carbocycles. The zero-order chi connectivity index (χ0) is 15.7. The molecular formula is C19H24N2OS. The van der Waals surface area contributed by atoms with Gasteiger partial charge in [0, 0.05) is 38.1 Å². The molecule has 2 aliphatic heterocycles. The number of rotatable bonds is 5. The number of likely N-dealkylation sites (tertiary alicyclic amines) is 2. The van der Waals surface area contributed by atoms with Crippen molar-refractivity contribution in [2.24, 2.45) is 5.41 Å². The molecule has 0 radical (unpaired) electrons. The molecule has 23 heavy (non-hydrogen) atoms. The number of hydrogen-bond acceptors (Lipinski definition) is 4. The van der Waals surface area contributed by atoms with Crippen molar-refractivity contribution in [1.82, 2.24) is 9.80 Å². The van der Waals surface area contributed by atoms with Crippen LogP contribution in [-0.4, -0.2) is 43.1 Å². The maximum absolute atomic E-state index is 5.23. The van der Waals surface area contributed by atoms with Crippen LogP contribution in [0.15, 0.2) is 41.1 Å². The van der Waals surface area contributed by atoms with Gasteiger partial charge in [-0.15, -0.1) is 0 Å². The minimum absolute atomic E-state index is 0.558. The molecule has 1 aromatic heterocycles. The van der Waals surface area contributed by atoms with Gasteiger partial charge >= 0.3 is 0 Å². The third-order valence-corrected chi connectivity index (χ3v) is 5.92. The first-order valence-corrected chi connectivity index (χ1v) is 9.28. The van der Waals surface area contributed by atoms with Crippen LogP contribution in [0.5, 0.6) is 5.75 Å². The molecule has 0 atom stereocenters. The van der Waals surface area contributed by atoms with Gasteiger partial charge in [-0.3, -0.25) is 9.80 Å². The van der Waals surface area contributed by atoms with E-state index in [9.17, 15) is 0 Å². The first-order chi connectivity index (χ1) is 11.2. The minimum Gasteiger partial charge on any atom is -0.497 e. The van der Waals surface area contributed by atoms with Gasteiger partial charge in [0.05, 0.1) is 7.11 Å². The molecule has 0 bridgehead atoms. The largest absolute Gasteiger partial charge is 0.497 e. The topological polar surface area (TPSA) is 15.7 Å². The molecule has 0 amide bonds. The van der Waals surface area contributed by atoms with Crippen LogP contribution in [-0.2, 0) is 13.1 Å². The summed E-state index contributed by atoms with van der Waals surface area (Å²) < 4.78 is 5.23. The summed E-state index contributed by atoms with van der Waals surface area (Å²) in [5.74, 6) is 0.939. The molecule has 0 aliphatic carbocycles. The second-order valence-corrected chi connectivity index (χ2v) is 7.87. The molecule has 4 rings (SSSR count). The van der Waals surface area contributed by atoms with Crippen molar-refractivity contribution in [3.63, 3.8) is 0 Å². The molecule has 0 saturated carbocycles. The number of benzene rings is 1.